The average molecular weight is 326 g/mol. The molecule has 0 fully saturated rings. The van der Waals surface area contributed by atoms with Gasteiger partial charge in [-0.25, -0.2) is 4.79 Å². The van der Waals surface area contributed by atoms with E-state index in [1.165, 1.54) is 13.8 Å². The molecule has 0 heterocycles. The standard InChI is InChI=1S/C10H12F6O5/c1-4(2)6(17)19-5(3)20-8(18)21-7(9(11,12)13)10(14,15)16/h4-5,7H,1-3H3/t5-/m0/s1. The Labute approximate surface area is 115 Å². The van der Waals surface area contributed by atoms with Crippen molar-refractivity contribution < 1.29 is 50.1 Å². The molecule has 0 bridgehead atoms. The minimum Gasteiger partial charge on any atom is -0.425 e. The van der Waals surface area contributed by atoms with Gasteiger partial charge in [0.05, 0.1) is 5.92 Å². The molecule has 0 saturated carbocycles. The maximum absolute atomic E-state index is 12.1. The molecule has 0 aromatic heterocycles. The van der Waals surface area contributed by atoms with Crippen molar-refractivity contribution in [1.82, 2.24) is 0 Å². The molecule has 5 nitrogen and oxygen atoms in total. The first-order valence-electron chi connectivity index (χ1n) is 5.46. The second-order valence-corrected chi connectivity index (χ2v) is 4.11. The molecule has 0 aliphatic carbocycles. The number of carbonyl (C=O) groups excluding carboxylic acids is 2. The number of ether oxygens (including phenoxy) is 3. The van der Waals surface area contributed by atoms with Crippen LogP contribution in [0.4, 0.5) is 31.1 Å². The molecule has 0 aromatic rings. The van der Waals surface area contributed by atoms with Crippen molar-refractivity contribution in [3.63, 3.8) is 0 Å². The highest BCUT2D eigenvalue weighted by Gasteiger charge is 2.60. The largest absolute Gasteiger partial charge is 0.512 e. The minimum atomic E-state index is -5.85. The van der Waals surface area contributed by atoms with E-state index in [4.69, 9.17) is 0 Å². The molecule has 124 valence electrons. The summed E-state index contributed by atoms with van der Waals surface area (Å²) >= 11 is 0. The highest BCUT2D eigenvalue weighted by Crippen LogP contribution is 2.35. The Hall–Kier alpha value is -1.68. The number of carbonyl (C=O) groups is 2. The molecule has 0 aliphatic rings. The normalized spacial score (nSPS) is 14.0. The third-order valence-electron chi connectivity index (χ3n) is 1.82. The first-order valence-corrected chi connectivity index (χ1v) is 5.46. The average Bonchev–Trinajstić information content (AvgIpc) is 2.22. The van der Waals surface area contributed by atoms with E-state index in [0.29, 0.717) is 0 Å². The summed E-state index contributed by atoms with van der Waals surface area (Å²) in [4.78, 5) is 21.9. The monoisotopic (exact) mass is 326 g/mol. The Balaban J connectivity index is 4.63. The zero-order chi connectivity index (χ0) is 17.0. The van der Waals surface area contributed by atoms with E-state index in [1.54, 1.807) is 0 Å². The van der Waals surface area contributed by atoms with Crippen molar-refractivity contribution in [2.75, 3.05) is 0 Å². The molecule has 11 heteroatoms. The Morgan fingerprint density at radius 1 is 0.810 bits per heavy atom. The highest BCUT2D eigenvalue weighted by molar-refractivity contribution is 5.71. The molecule has 0 aliphatic heterocycles. The van der Waals surface area contributed by atoms with Gasteiger partial charge >= 0.3 is 24.5 Å². The van der Waals surface area contributed by atoms with Crippen LogP contribution in [0.25, 0.3) is 0 Å². The van der Waals surface area contributed by atoms with Crippen molar-refractivity contribution in [2.45, 2.75) is 45.5 Å². The van der Waals surface area contributed by atoms with Crippen LogP contribution in [0.3, 0.4) is 0 Å². The molecule has 0 N–H and O–H groups in total. The number of rotatable bonds is 4. The smallest absolute Gasteiger partial charge is 0.425 e. The van der Waals surface area contributed by atoms with Crippen LogP contribution in [0.15, 0.2) is 0 Å². The summed E-state index contributed by atoms with van der Waals surface area (Å²) in [6.07, 6.45) is -20.0. The van der Waals surface area contributed by atoms with Crippen molar-refractivity contribution in [3.05, 3.63) is 0 Å². The Morgan fingerprint density at radius 3 is 1.57 bits per heavy atom. The molecule has 0 unspecified atom stereocenters. The molecule has 0 rings (SSSR count). The summed E-state index contributed by atoms with van der Waals surface area (Å²) < 4.78 is 84.1. The molecular formula is C10H12F6O5. The Morgan fingerprint density at radius 2 is 1.24 bits per heavy atom. The predicted octanol–water partition coefficient (Wildman–Crippen LogP) is 3.18. The lowest BCUT2D eigenvalue weighted by Gasteiger charge is -2.23. The van der Waals surface area contributed by atoms with Crippen LogP contribution in [0, 0.1) is 5.92 Å². The van der Waals surface area contributed by atoms with Gasteiger partial charge in [0, 0.05) is 6.92 Å². The van der Waals surface area contributed by atoms with Gasteiger partial charge in [0.25, 0.3) is 6.10 Å². The van der Waals surface area contributed by atoms with Gasteiger partial charge in [-0.05, 0) is 0 Å². The van der Waals surface area contributed by atoms with Gasteiger partial charge in [0.1, 0.15) is 0 Å². The van der Waals surface area contributed by atoms with Crippen LogP contribution >= 0.6 is 0 Å². The van der Waals surface area contributed by atoms with Crippen LogP contribution in [0.2, 0.25) is 0 Å². The maximum atomic E-state index is 12.1. The van der Waals surface area contributed by atoms with Crippen LogP contribution in [-0.2, 0) is 19.0 Å². The van der Waals surface area contributed by atoms with Gasteiger partial charge in [-0.2, -0.15) is 26.3 Å². The van der Waals surface area contributed by atoms with E-state index in [1.807, 2.05) is 0 Å². The lowest BCUT2D eigenvalue weighted by Crippen LogP contribution is -2.46. The summed E-state index contributed by atoms with van der Waals surface area (Å²) in [5, 5.41) is 0. The molecule has 1 atom stereocenters. The zero-order valence-electron chi connectivity index (χ0n) is 11.0. The second-order valence-electron chi connectivity index (χ2n) is 4.11. The fraction of sp³-hybridized carbons (Fsp3) is 0.800. The van der Waals surface area contributed by atoms with Crippen LogP contribution in [-0.4, -0.2) is 36.9 Å². The summed E-state index contributed by atoms with van der Waals surface area (Å²) in [5.41, 5.74) is 0. The number of hydrogen-bond acceptors (Lipinski definition) is 5. The summed E-state index contributed by atoms with van der Waals surface area (Å²) in [6.45, 7) is 3.76. The molecular weight excluding hydrogens is 314 g/mol. The SMILES string of the molecule is CC(C)C(=O)O[C@H](C)OC(=O)OC(C(F)(F)F)C(F)(F)F. The highest BCUT2D eigenvalue weighted by atomic mass is 19.4. The van der Waals surface area contributed by atoms with E-state index < -0.39 is 42.8 Å². The van der Waals surface area contributed by atoms with Gasteiger partial charge < -0.3 is 14.2 Å². The van der Waals surface area contributed by atoms with Crippen LogP contribution in [0.5, 0.6) is 0 Å². The summed E-state index contributed by atoms with van der Waals surface area (Å²) in [6, 6.07) is 0. The number of hydrogen-bond donors (Lipinski definition) is 0. The quantitative estimate of drug-likeness (QED) is 0.451. The number of halogens is 6. The summed E-state index contributed by atoms with van der Waals surface area (Å²) in [7, 11) is 0. The topological polar surface area (TPSA) is 61.8 Å². The fourth-order valence-corrected chi connectivity index (χ4v) is 0.902. The minimum absolute atomic E-state index is 0.634. The lowest BCUT2D eigenvalue weighted by molar-refractivity contribution is -0.312. The fourth-order valence-electron chi connectivity index (χ4n) is 0.902. The third kappa shape index (κ3) is 7.04. The molecule has 0 radical (unpaired) electrons. The first-order chi connectivity index (χ1) is 9.25. The van der Waals surface area contributed by atoms with E-state index in [9.17, 15) is 35.9 Å². The van der Waals surface area contributed by atoms with E-state index in [-0.39, 0.29) is 0 Å². The maximum Gasteiger partial charge on any atom is 0.512 e. The molecule has 0 amide bonds. The predicted molar refractivity (Wildman–Crippen MR) is 53.9 cm³/mol. The van der Waals surface area contributed by atoms with Crippen molar-refractivity contribution in [2.24, 2.45) is 5.92 Å². The lowest BCUT2D eigenvalue weighted by atomic mass is 10.2. The molecule has 0 spiro atoms. The zero-order valence-corrected chi connectivity index (χ0v) is 11.0. The van der Waals surface area contributed by atoms with Crippen LogP contribution < -0.4 is 0 Å². The van der Waals surface area contributed by atoms with Gasteiger partial charge in [0.2, 0.25) is 6.29 Å². The Kier molecular flexibility index (Phi) is 6.30. The summed E-state index contributed by atoms with van der Waals surface area (Å²) in [5.74, 6) is -1.50. The Bertz CT molecular complexity index is 361. The van der Waals surface area contributed by atoms with Gasteiger partial charge in [-0.15, -0.1) is 0 Å². The number of esters is 1. The van der Waals surface area contributed by atoms with Crippen molar-refractivity contribution >= 4 is 12.1 Å². The van der Waals surface area contributed by atoms with E-state index >= 15 is 0 Å². The molecule has 0 aromatic carbocycles. The molecule has 21 heavy (non-hydrogen) atoms. The van der Waals surface area contributed by atoms with Gasteiger partial charge in [-0.3, -0.25) is 4.79 Å². The number of alkyl halides is 6. The van der Waals surface area contributed by atoms with Gasteiger partial charge in [-0.1, -0.05) is 13.8 Å². The first kappa shape index (κ1) is 19.3. The van der Waals surface area contributed by atoms with Gasteiger partial charge in [0.15, 0.2) is 0 Å². The second kappa shape index (κ2) is 6.85. The van der Waals surface area contributed by atoms with E-state index in [0.717, 1.165) is 6.92 Å². The van der Waals surface area contributed by atoms with Crippen molar-refractivity contribution in [3.8, 4) is 0 Å². The molecule has 0 saturated heterocycles. The third-order valence-corrected chi connectivity index (χ3v) is 1.82. The van der Waals surface area contributed by atoms with Crippen molar-refractivity contribution in [1.29, 1.82) is 0 Å². The van der Waals surface area contributed by atoms with E-state index in [2.05, 4.69) is 14.2 Å². The van der Waals surface area contributed by atoms with Crippen LogP contribution in [0.1, 0.15) is 20.8 Å².